The van der Waals surface area contributed by atoms with Gasteiger partial charge in [0.15, 0.2) is 5.82 Å². The number of anilines is 5. The number of ether oxygens (including phenoxy) is 1. The van der Waals surface area contributed by atoms with E-state index >= 15 is 0 Å². The predicted molar refractivity (Wildman–Crippen MR) is 262 cm³/mol. The molecule has 16 heteroatoms. The highest BCUT2D eigenvalue weighted by molar-refractivity contribution is 7.70. The molecule has 0 saturated carbocycles. The Morgan fingerprint density at radius 3 is 2.32 bits per heavy atom. The lowest BCUT2D eigenvalue weighted by atomic mass is 9.96. The van der Waals surface area contributed by atoms with Gasteiger partial charge in [0.05, 0.1) is 24.7 Å². The largest absolute Gasteiger partial charge is 0.494 e. The number of carbonyl (C=O) groups excluding carboxylic acids is 3. The molecule has 0 radical (unpaired) electrons. The van der Waals surface area contributed by atoms with Crippen molar-refractivity contribution >= 4 is 70.6 Å². The smallest absolute Gasteiger partial charge is 0.255 e. The molecule has 344 valence electrons. The van der Waals surface area contributed by atoms with Crippen molar-refractivity contribution in [1.29, 1.82) is 0 Å². The van der Waals surface area contributed by atoms with Crippen LogP contribution in [0.2, 0.25) is 5.02 Å². The van der Waals surface area contributed by atoms with Crippen LogP contribution in [0.1, 0.15) is 59.7 Å². The third kappa shape index (κ3) is 9.55. The monoisotopic (exact) mass is 929 g/mol. The molecule has 3 fully saturated rings. The van der Waals surface area contributed by atoms with Crippen LogP contribution in [0, 0.1) is 0 Å². The van der Waals surface area contributed by atoms with E-state index in [1.807, 2.05) is 42.5 Å². The Morgan fingerprint density at radius 2 is 1.61 bits per heavy atom. The summed E-state index contributed by atoms with van der Waals surface area (Å²) in [5.41, 5.74) is 8.70. The first-order valence-corrected chi connectivity index (χ1v) is 25.8. The molecule has 4 aromatic carbocycles. The molecule has 3 amide bonds. The lowest BCUT2D eigenvalue weighted by molar-refractivity contribution is -0.136. The van der Waals surface area contributed by atoms with Crippen LogP contribution >= 0.6 is 18.7 Å². The molecule has 5 aromatic rings. The number of methoxy groups -OCH3 is 1. The number of imide groups is 1. The quantitative estimate of drug-likeness (QED) is 0.0786. The Kier molecular flexibility index (Phi) is 13.2. The first-order chi connectivity index (χ1) is 31.9. The maximum Gasteiger partial charge on any atom is 0.255 e. The first kappa shape index (κ1) is 45.4. The van der Waals surface area contributed by atoms with Crippen LogP contribution < -0.4 is 30.9 Å². The van der Waals surface area contributed by atoms with Gasteiger partial charge in [-0.15, -0.1) is 0 Å². The number of carbonyl (C=O) groups is 3. The van der Waals surface area contributed by atoms with Crippen molar-refractivity contribution in [2.75, 3.05) is 75.2 Å². The maximum atomic E-state index is 13.4. The summed E-state index contributed by atoms with van der Waals surface area (Å²) < 4.78 is 18.9. The Labute approximate surface area is 391 Å². The SMILES string of the molecule is CCc1cc(Nc2ncc(Cl)c(Nc3ccccc3P(C)(C)=O)n2)c(OC)cc1N1CCC(N2CCN(Cc3ccc(-c4cccc5c4CN(C4CCC(=O)NC4=O)C5=O)cc3)CC2)CC1. The molecule has 0 bridgehead atoms. The van der Waals surface area contributed by atoms with Crippen LogP contribution in [0.4, 0.5) is 28.8 Å². The maximum absolute atomic E-state index is 13.4. The van der Waals surface area contributed by atoms with E-state index in [0.717, 1.165) is 92.8 Å². The number of nitrogens with zero attached hydrogens (tertiary/aromatic N) is 6. The number of benzene rings is 4. The fourth-order valence-corrected chi connectivity index (χ4v) is 11.2. The van der Waals surface area contributed by atoms with Crippen molar-refractivity contribution in [2.24, 2.45) is 0 Å². The van der Waals surface area contributed by atoms with Crippen LogP contribution in [0.15, 0.2) is 85.1 Å². The average molecular weight is 930 g/mol. The summed E-state index contributed by atoms with van der Waals surface area (Å²) in [4.78, 5) is 56.2. The fourth-order valence-electron chi connectivity index (χ4n) is 9.93. The number of rotatable bonds is 13. The molecule has 14 nitrogen and oxygen atoms in total. The van der Waals surface area contributed by atoms with Crippen LogP contribution in [-0.4, -0.2) is 114 Å². The molecule has 0 spiro atoms. The van der Waals surface area contributed by atoms with Gasteiger partial charge in [-0.05, 0) is 91.1 Å². The standard InChI is InChI=1S/C50H57ClN9O5P/c1-5-33-27-41(54-50-52-29-39(51)47(56-50)53-40-11-6-7-12-45(40)66(3,4)64)44(65-2)28-43(33)59-21-19-35(20-22-59)58-25-23-57(24-26-58)30-32-13-15-34(16-14-32)36-9-8-10-37-38(36)31-60(49(37)63)42-17-18-46(61)55-48(42)62/h6-16,27-29,35,42H,5,17-26,30-31H2,1-4H3,(H,55,61,62)(H2,52,53,54,56). The number of para-hydroxylation sites is 1. The second-order valence-corrected chi connectivity index (χ2v) is 21.6. The predicted octanol–water partition coefficient (Wildman–Crippen LogP) is 7.65. The zero-order valence-corrected chi connectivity index (χ0v) is 39.6. The molecule has 66 heavy (non-hydrogen) atoms. The lowest BCUT2D eigenvalue weighted by Gasteiger charge is -2.43. The normalized spacial score (nSPS) is 18.6. The minimum Gasteiger partial charge on any atom is -0.494 e. The van der Waals surface area contributed by atoms with E-state index in [-0.39, 0.29) is 18.2 Å². The Hall–Kier alpha value is -5.79. The molecule has 3 N–H and O–H groups in total. The molecule has 5 heterocycles. The molecule has 4 aliphatic rings. The second kappa shape index (κ2) is 19.2. The Balaban J connectivity index is 0.782. The van der Waals surface area contributed by atoms with Gasteiger partial charge in [-0.1, -0.05) is 67.1 Å². The fraction of sp³-hybridized carbons (Fsp3) is 0.380. The third-order valence-corrected chi connectivity index (χ3v) is 15.3. The van der Waals surface area contributed by atoms with E-state index in [0.29, 0.717) is 52.8 Å². The van der Waals surface area contributed by atoms with Gasteiger partial charge in [-0.2, -0.15) is 4.98 Å². The van der Waals surface area contributed by atoms with E-state index < -0.39 is 19.1 Å². The number of fused-ring (bicyclic) bond motifs is 1. The highest BCUT2D eigenvalue weighted by Crippen LogP contribution is 2.40. The molecule has 3 saturated heterocycles. The van der Waals surface area contributed by atoms with Crippen molar-refractivity contribution in [3.8, 4) is 16.9 Å². The number of piperidine rings is 2. The van der Waals surface area contributed by atoms with Crippen LogP contribution in [0.25, 0.3) is 11.1 Å². The molecular formula is C50H57ClN9O5P. The van der Waals surface area contributed by atoms with Gasteiger partial charge in [-0.25, -0.2) is 4.98 Å². The summed E-state index contributed by atoms with van der Waals surface area (Å²) in [6.45, 7) is 12.9. The number of nitrogens with one attached hydrogen (secondary N) is 3. The van der Waals surface area contributed by atoms with Gasteiger partial charge in [0.25, 0.3) is 5.91 Å². The number of amides is 3. The van der Waals surface area contributed by atoms with Crippen LogP contribution in [0.3, 0.4) is 0 Å². The third-order valence-electron chi connectivity index (χ3n) is 13.5. The van der Waals surface area contributed by atoms with Gasteiger partial charge in [0.1, 0.15) is 24.0 Å². The van der Waals surface area contributed by atoms with Crippen molar-refractivity contribution < 1.29 is 23.7 Å². The molecule has 0 aliphatic carbocycles. The number of halogens is 1. The van der Waals surface area contributed by atoms with Gasteiger partial charge in [0, 0.05) is 87.4 Å². The lowest BCUT2D eigenvalue weighted by Crippen LogP contribution is -2.53. The van der Waals surface area contributed by atoms with Crippen molar-refractivity contribution in [3.63, 3.8) is 0 Å². The zero-order chi connectivity index (χ0) is 46.1. The molecule has 4 aliphatic heterocycles. The van der Waals surface area contributed by atoms with E-state index in [9.17, 15) is 18.9 Å². The topological polar surface area (TPSA) is 152 Å². The number of hydrogen-bond donors (Lipinski definition) is 3. The van der Waals surface area contributed by atoms with E-state index in [2.05, 4.69) is 79.0 Å². The molecular weight excluding hydrogens is 873 g/mol. The Bertz CT molecular complexity index is 2700. The van der Waals surface area contributed by atoms with Crippen molar-refractivity contribution in [2.45, 2.75) is 64.2 Å². The number of hydrogen-bond acceptors (Lipinski definition) is 12. The van der Waals surface area contributed by atoms with Crippen LogP contribution in [-0.2, 0) is 33.7 Å². The van der Waals surface area contributed by atoms with Crippen molar-refractivity contribution in [3.05, 3.63) is 112 Å². The van der Waals surface area contributed by atoms with Gasteiger partial charge < -0.3 is 29.7 Å². The highest BCUT2D eigenvalue weighted by Gasteiger charge is 2.40. The molecule has 1 unspecified atom stereocenters. The molecule has 1 aromatic heterocycles. The second-order valence-electron chi connectivity index (χ2n) is 18.0. The summed E-state index contributed by atoms with van der Waals surface area (Å²) in [5, 5.41) is 10.1. The highest BCUT2D eigenvalue weighted by atomic mass is 35.5. The summed E-state index contributed by atoms with van der Waals surface area (Å²) in [7, 11) is -0.880. The number of piperazine rings is 1. The molecule has 1 atom stereocenters. The Morgan fingerprint density at radius 1 is 0.864 bits per heavy atom. The first-order valence-electron chi connectivity index (χ1n) is 22.9. The minimum atomic E-state index is -2.56. The van der Waals surface area contributed by atoms with Gasteiger partial charge in [-0.3, -0.25) is 29.5 Å². The van der Waals surface area contributed by atoms with Gasteiger partial charge in [0.2, 0.25) is 17.8 Å². The van der Waals surface area contributed by atoms with Crippen LogP contribution in [0.5, 0.6) is 5.75 Å². The van der Waals surface area contributed by atoms with E-state index in [1.54, 1.807) is 31.5 Å². The molecule has 9 rings (SSSR count). The van der Waals surface area contributed by atoms with Gasteiger partial charge >= 0.3 is 0 Å². The minimum absolute atomic E-state index is 0.157. The van der Waals surface area contributed by atoms with Crippen molar-refractivity contribution in [1.82, 2.24) is 30.0 Å². The summed E-state index contributed by atoms with van der Waals surface area (Å²) in [6.07, 6.45) is 5.17. The van der Waals surface area contributed by atoms with E-state index in [1.165, 1.54) is 16.8 Å². The summed E-state index contributed by atoms with van der Waals surface area (Å²) in [5.74, 6) is 0.628. The number of aryl methyl sites for hydroxylation is 1. The van der Waals surface area contributed by atoms with E-state index in [4.69, 9.17) is 21.3 Å². The summed E-state index contributed by atoms with van der Waals surface area (Å²) >= 11 is 6.54. The zero-order valence-electron chi connectivity index (χ0n) is 38.0. The average Bonchev–Trinajstić information content (AvgIpc) is 3.66. The number of aromatic nitrogens is 2. The summed E-state index contributed by atoms with van der Waals surface area (Å²) in [6, 6.07) is 26.1.